The van der Waals surface area contributed by atoms with Gasteiger partial charge in [-0.3, -0.25) is 9.36 Å². The van der Waals surface area contributed by atoms with E-state index in [2.05, 4.69) is 4.98 Å². The number of halogens is 1. The summed E-state index contributed by atoms with van der Waals surface area (Å²) in [6.07, 6.45) is 1.30. The van der Waals surface area contributed by atoms with E-state index in [1.807, 2.05) is 13.8 Å². The fourth-order valence-electron chi connectivity index (χ4n) is 2.91. The Balaban J connectivity index is 1.83. The second-order valence-electron chi connectivity index (χ2n) is 7.56. The van der Waals surface area contributed by atoms with Crippen LogP contribution in [0, 0.1) is 12.8 Å². The molecule has 0 N–H and O–H groups in total. The number of thiophene rings is 1. The van der Waals surface area contributed by atoms with Crippen molar-refractivity contribution in [3.8, 4) is 0 Å². The van der Waals surface area contributed by atoms with Gasteiger partial charge in [0.25, 0.3) is 5.56 Å². The van der Waals surface area contributed by atoms with Gasteiger partial charge in [-0.25, -0.2) is 14.6 Å². The molecule has 0 amide bonds. The van der Waals surface area contributed by atoms with E-state index in [1.165, 1.54) is 10.9 Å². The van der Waals surface area contributed by atoms with E-state index in [0.717, 1.165) is 11.3 Å². The Morgan fingerprint density at radius 1 is 1.19 bits per heavy atom. The van der Waals surface area contributed by atoms with Crippen LogP contribution >= 0.6 is 22.9 Å². The fourth-order valence-corrected chi connectivity index (χ4v) is 4.14. The summed E-state index contributed by atoms with van der Waals surface area (Å²) in [6.45, 7) is 7.41. The molecule has 0 aliphatic heterocycles. The summed E-state index contributed by atoms with van der Waals surface area (Å²) >= 11 is 7.19. The largest absolute Gasteiger partial charge is 0.461 e. The maximum absolute atomic E-state index is 13.1. The zero-order chi connectivity index (χ0) is 22.7. The average Bonchev–Trinajstić information content (AvgIpc) is 3.08. The van der Waals surface area contributed by atoms with Crippen molar-refractivity contribution < 1.29 is 19.1 Å². The lowest BCUT2D eigenvalue weighted by Gasteiger charge is -2.14. The third-order valence-electron chi connectivity index (χ3n) is 4.70. The lowest BCUT2D eigenvalue weighted by atomic mass is 10.2. The van der Waals surface area contributed by atoms with Gasteiger partial charge in [-0.05, 0) is 31.4 Å². The lowest BCUT2D eigenvalue weighted by Crippen LogP contribution is -2.29. The third-order valence-corrected chi connectivity index (χ3v) is 6.24. The molecular weight excluding hydrogens is 440 g/mol. The predicted octanol–water partition coefficient (Wildman–Crippen LogP) is 4.54. The van der Waals surface area contributed by atoms with Crippen LogP contribution in [0.4, 0.5) is 0 Å². The minimum Gasteiger partial charge on any atom is -0.461 e. The van der Waals surface area contributed by atoms with E-state index < -0.39 is 23.5 Å². The highest BCUT2D eigenvalue weighted by atomic mass is 35.5. The molecule has 1 unspecified atom stereocenters. The van der Waals surface area contributed by atoms with Crippen LogP contribution in [-0.4, -0.2) is 28.1 Å². The number of fused-ring (bicyclic) bond motifs is 1. The molecule has 0 aliphatic rings. The molecule has 9 heteroatoms. The fraction of sp³-hybridized carbons (Fsp3) is 0.364. The molecule has 0 fully saturated rings. The number of aryl methyl sites for hydroxylation is 1. The Bertz CT molecular complexity index is 1180. The maximum atomic E-state index is 13.1. The smallest absolute Gasteiger partial charge is 0.348 e. The van der Waals surface area contributed by atoms with Gasteiger partial charge in [0.15, 0.2) is 0 Å². The third kappa shape index (κ3) is 4.97. The first-order chi connectivity index (χ1) is 14.7. The number of esters is 2. The molecule has 1 aromatic carbocycles. The molecule has 2 heterocycles. The summed E-state index contributed by atoms with van der Waals surface area (Å²) in [7, 11) is 0. The topological polar surface area (TPSA) is 87.5 Å². The van der Waals surface area contributed by atoms with Gasteiger partial charge in [0.1, 0.15) is 22.4 Å². The lowest BCUT2D eigenvalue weighted by molar-refractivity contribution is -0.148. The number of aromatic nitrogens is 2. The van der Waals surface area contributed by atoms with Crippen molar-refractivity contribution in [3.63, 3.8) is 0 Å². The summed E-state index contributed by atoms with van der Waals surface area (Å²) in [5.74, 6) is -0.869. The predicted molar refractivity (Wildman–Crippen MR) is 120 cm³/mol. The SMILES string of the molecule is Cc1c(C(=O)OCC(C)C)sc2ncn(C(C)C(=O)OCc3ccccc3Cl)c(=O)c12. The van der Waals surface area contributed by atoms with E-state index in [1.54, 1.807) is 38.1 Å². The summed E-state index contributed by atoms with van der Waals surface area (Å²) in [5.41, 5.74) is 0.755. The molecule has 2 aromatic heterocycles. The molecule has 3 aromatic rings. The molecule has 0 saturated carbocycles. The quantitative estimate of drug-likeness (QED) is 0.479. The van der Waals surface area contributed by atoms with Crippen LogP contribution < -0.4 is 5.56 Å². The number of carbonyl (C=O) groups excluding carboxylic acids is 2. The van der Waals surface area contributed by atoms with Crippen LogP contribution in [0.3, 0.4) is 0 Å². The molecular formula is C22H23ClN2O5S. The second-order valence-corrected chi connectivity index (χ2v) is 8.97. The van der Waals surface area contributed by atoms with Gasteiger partial charge in [0, 0.05) is 10.6 Å². The van der Waals surface area contributed by atoms with Crippen molar-refractivity contribution in [2.75, 3.05) is 6.61 Å². The number of hydrogen-bond donors (Lipinski definition) is 0. The molecule has 0 bridgehead atoms. The summed E-state index contributed by atoms with van der Waals surface area (Å²) in [6, 6.07) is 6.15. The summed E-state index contributed by atoms with van der Waals surface area (Å²) in [4.78, 5) is 43.1. The maximum Gasteiger partial charge on any atom is 0.348 e. The van der Waals surface area contributed by atoms with E-state index in [9.17, 15) is 14.4 Å². The van der Waals surface area contributed by atoms with E-state index in [4.69, 9.17) is 21.1 Å². The first kappa shape index (κ1) is 23.0. The van der Waals surface area contributed by atoms with E-state index in [-0.39, 0.29) is 12.5 Å². The van der Waals surface area contributed by atoms with Gasteiger partial charge in [-0.1, -0.05) is 43.6 Å². The van der Waals surface area contributed by atoms with Gasteiger partial charge in [0.05, 0.1) is 18.3 Å². The van der Waals surface area contributed by atoms with Gasteiger partial charge < -0.3 is 9.47 Å². The van der Waals surface area contributed by atoms with Crippen LogP contribution in [-0.2, 0) is 20.9 Å². The summed E-state index contributed by atoms with van der Waals surface area (Å²) < 4.78 is 11.8. The highest BCUT2D eigenvalue weighted by molar-refractivity contribution is 7.20. The van der Waals surface area contributed by atoms with Crippen molar-refractivity contribution in [2.45, 2.75) is 40.3 Å². The zero-order valence-corrected chi connectivity index (χ0v) is 19.2. The number of benzene rings is 1. The number of carbonyl (C=O) groups is 2. The van der Waals surface area contributed by atoms with E-state index >= 15 is 0 Å². The second kappa shape index (κ2) is 9.62. The molecule has 31 heavy (non-hydrogen) atoms. The van der Waals surface area contributed by atoms with Crippen molar-refractivity contribution in [1.29, 1.82) is 0 Å². The number of rotatable bonds is 7. The highest BCUT2D eigenvalue weighted by Gasteiger charge is 2.24. The molecule has 164 valence electrons. The first-order valence-corrected chi connectivity index (χ1v) is 11.0. The zero-order valence-electron chi connectivity index (χ0n) is 17.7. The van der Waals surface area contributed by atoms with Crippen molar-refractivity contribution in [1.82, 2.24) is 9.55 Å². The summed E-state index contributed by atoms with van der Waals surface area (Å²) in [5, 5.41) is 0.795. The minimum atomic E-state index is -0.900. The van der Waals surface area contributed by atoms with Gasteiger partial charge >= 0.3 is 11.9 Å². The minimum absolute atomic E-state index is 0.00338. The van der Waals surface area contributed by atoms with Gasteiger partial charge in [-0.2, -0.15) is 0 Å². The van der Waals surface area contributed by atoms with Crippen LogP contribution in [0.1, 0.15) is 47.6 Å². The molecule has 1 atom stereocenters. The Hall–Kier alpha value is -2.71. The van der Waals surface area contributed by atoms with Crippen LogP contribution in [0.2, 0.25) is 5.02 Å². The Morgan fingerprint density at radius 3 is 2.58 bits per heavy atom. The Kier molecular flexibility index (Phi) is 7.12. The Labute approximate surface area is 188 Å². The average molecular weight is 463 g/mol. The molecule has 0 saturated heterocycles. The van der Waals surface area contributed by atoms with E-state index in [0.29, 0.717) is 37.9 Å². The van der Waals surface area contributed by atoms with Crippen LogP contribution in [0.5, 0.6) is 0 Å². The van der Waals surface area contributed by atoms with Gasteiger partial charge in [-0.15, -0.1) is 11.3 Å². The number of hydrogen-bond acceptors (Lipinski definition) is 7. The highest BCUT2D eigenvalue weighted by Crippen LogP contribution is 2.28. The van der Waals surface area contributed by atoms with Crippen molar-refractivity contribution >= 4 is 45.1 Å². The Morgan fingerprint density at radius 2 is 1.90 bits per heavy atom. The molecule has 0 radical (unpaired) electrons. The molecule has 0 aliphatic carbocycles. The van der Waals surface area contributed by atoms with Crippen LogP contribution in [0.15, 0.2) is 35.4 Å². The van der Waals surface area contributed by atoms with Crippen molar-refractivity contribution in [3.05, 3.63) is 62.0 Å². The van der Waals surface area contributed by atoms with Crippen molar-refractivity contribution in [2.24, 2.45) is 5.92 Å². The standard InChI is InChI=1S/C22H23ClN2O5S/c1-12(2)9-29-22(28)18-13(3)17-19(31-18)24-11-25(20(17)26)14(4)21(27)30-10-15-7-5-6-8-16(15)23/h5-8,11-12,14H,9-10H2,1-4H3. The van der Waals surface area contributed by atoms with Gasteiger partial charge in [0.2, 0.25) is 0 Å². The molecule has 7 nitrogen and oxygen atoms in total. The first-order valence-electron chi connectivity index (χ1n) is 9.78. The number of nitrogens with zero attached hydrogens (tertiary/aromatic N) is 2. The number of ether oxygens (including phenoxy) is 2. The normalized spacial score (nSPS) is 12.2. The van der Waals surface area contributed by atoms with Crippen LogP contribution in [0.25, 0.3) is 10.2 Å². The molecule has 3 rings (SSSR count). The molecule has 0 spiro atoms. The monoisotopic (exact) mass is 462 g/mol.